The van der Waals surface area contributed by atoms with Gasteiger partial charge in [0.2, 0.25) is 0 Å². The summed E-state index contributed by atoms with van der Waals surface area (Å²) in [7, 11) is 0. The standard InChI is InChI=1S/C15H28N2S/c1-4-5-6-7-8-9-10-11-13-14(16)18-15(17-13)12(2)3/h12H,4-11,16H2,1-3H3. The van der Waals surface area contributed by atoms with Gasteiger partial charge >= 0.3 is 0 Å². The highest BCUT2D eigenvalue weighted by Gasteiger charge is 2.10. The molecule has 0 fully saturated rings. The molecule has 0 unspecified atom stereocenters. The van der Waals surface area contributed by atoms with Gasteiger partial charge < -0.3 is 5.73 Å². The van der Waals surface area contributed by atoms with Crippen LogP contribution in [0.3, 0.4) is 0 Å². The SMILES string of the molecule is CCCCCCCCCc1nc(C(C)C)sc1N. The smallest absolute Gasteiger partial charge is 0.109 e. The van der Waals surface area contributed by atoms with Crippen molar-refractivity contribution in [3.8, 4) is 0 Å². The van der Waals surface area contributed by atoms with Crippen LogP contribution in [0.25, 0.3) is 0 Å². The van der Waals surface area contributed by atoms with Crippen LogP contribution >= 0.6 is 11.3 Å². The van der Waals surface area contributed by atoms with Crippen molar-refractivity contribution in [1.29, 1.82) is 0 Å². The van der Waals surface area contributed by atoms with Crippen LogP contribution in [0.4, 0.5) is 5.00 Å². The van der Waals surface area contributed by atoms with Gasteiger partial charge in [0.05, 0.1) is 10.7 Å². The molecular formula is C15H28N2S. The van der Waals surface area contributed by atoms with Crippen LogP contribution in [0, 0.1) is 0 Å². The molecule has 0 amide bonds. The Morgan fingerprint density at radius 2 is 1.67 bits per heavy atom. The van der Waals surface area contributed by atoms with Gasteiger partial charge in [0.25, 0.3) is 0 Å². The van der Waals surface area contributed by atoms with E-state index in [1.165, 1.54) is 50.0 Å². The van der Waals surface area contributed by atoms with E-state index in [9.17, 15) is 0 Å². The maximum absolute atomic E-state index is 6.02. The molecule has 0 saturated heterocycles. The predicted molar refractivity (Wildman–Crippen MR) is 82.3 cm³/mol. The van der Waals surface area contributed by atoms with Crippen LogP contribution in [0.2, 0.25) is 0 Å². The number of nitrogen functional groups attached to an aromatic ring is 1. The first-order valence-electron chi connectivity index (χ1n) is 7.40. The maximum Gasteiger partial charge on any atom is 0.109 e. The molecule has 0 aliphatic carbocycles. The first-order chi connectivity index (χ1) is 8.65. The normalized spacial score (nSPS) is 11.3. The predicted octanol–water partition coefficient (Wildman–Crippen LogP) is 5.14. The number of aryl methyl sites for hydroxylation is 1. The molecule has 2 N–H and O–H groups in total. The van der Waals surface area contributed by atoms with Gasteiger partial charge in [0.15, 0.2) is 0 Å². The molecule has 1 rings (SSSR count). The minimum absolute atomic E-state index is 0.500. The summed E-state index contributed by atoms with van der Waals surface area (Å²) in [5, 5.41) is 2.12. The number of hydrogen-bond acceptors (Lipinski definition) is 3. The number of anilines is 1. The third-order valence-electron chi connectivity index (χ3n) is 3.26. The lowest BCUT2D eigenvalue weighted by Gasteiger charge is -2.01. The summed E-state index contributed by atoms with van der Waals surface area (Å²) in [6.07, 6.45) is 10.5. The second kappa shape index (κ2) is 8.52. The van der Waals surface area contributed by atoms with Gasteiger partial charge in [-0.2, -0.15) is 0 Å². The highest BCUT2D eigenvalue weighted by molar-refractivity contribution is 7.15. The number of nitrogens with two attached hydrogens (primary N) is 1. The van der Waals surface area contributed by atoms with E-state index >= 15 is 0 Å². The zero-order valence-electron chi connectivity index (χ0n) is 12.2. The first kappa shape index (κ1) is 15.5. The van der Waals surface area contributed by atoms with Gasteiger partial charge in [0, 0.05) is 5.92 Å². The molecule has 0 saturated carbocycles. The van der Waals surface area contributed by atoms with Crippen LogP contribution in [-0.2, 0) is 6.42 Å². The summed E-state index contributed by atoms with van der Waals surface area (Å²) < 4.78 is 0. The van der Waals surface area contributed by atoms with E-state index in [0.717, 1.165) is 17.1 Å². The molecule has 1 aromatic heterocycles. The molecule has 0 aliphatic heterocycles. The highest BCUT2D eigenvalue weighted by Crippen LogP contribution is 2.27. The Morgan fingerprint density at radius 3 is 2.22 bits per heavy atom. The number of nitrogens with zero attached hydrogens (tertiary/aromatic N) is 1. The summed E-state index contributed by atoms with van der Waals surface area (Å²) in [4.78, 5) is 4.65. The zero-order chi connectivity index (χ0) is 13.4. The number of thiazole rings is 1. The quantitative estimate of drug-likeness (QED) is 0.630. The molecule has 1 heterocycles. The Hall–Kier alpha value is -0.570. The van der Waals surface area contributed by atoms with Gasteiger partial charge in [-0.15, -0.1) is 11.3 Å². The number of unbranched alkanes of at least 4 members (excludes halogenated alkanes) is 6. The summed E-state index contributed by atoms with van der Waals surface area (Å²) in [6.45, 7) is 6.61. The highest BCUT2D eigenvalue weighted by atomic mass is 32.1. The largest absolute Gasteiger partial charge is 0.389 e. The minimum atomic E-state index is 0.500. The van der Waals surface area contributed by atoms with E-state index in [-0.39, 0.29) is 0 Å². The van der Waals surface area contributed by atoms with Gasteiger partial charge in [-0.1, -0.05) is 59.3 Å². The molecule has 0 aromatic carbocycles. The fourth-order valence-electron chi connectivity index (χ4n) is 2.06. The Balaban J connectivity index is 2.19. The Kier molecular flexibility index (Phi) is 7.33. The van der Waals surface area contributed by atoms with Crippen LogP contribution < -0.4 is 5.73 Å². The molecule has 0 radical (unpaired) electrons. The van der Waals surface area contributed by atoms with Gasteiger partial charge in [-0.25, -0.2) is 4.98 Å². The number of aromatic nitrogens is 1. The van der Waals surface area contributed by atoms with E-state index in [1.54, 1.807) is 11.3 Å². The first-order valence-corrected chi connectivity index (χ1v) is 8.21. The molecule has 3 heteroatoms. The van der Waals surface area contributed by atoms with E-state index in [0.29, 0.717) is 5.92 Å². The third kappa shape index (κ3) is 5.38. The molecule has 0 spiro atoms. The maximum atomic E-state index is 6.02. The molecule has 18 heavy (non-hydrogen) atoms. The van der Waals surface area contributed by atoms with Gasteiger partial charge in [-0.05, 0) is 12.8 Å². The average Bonchev–Trinajstić information content (AvgIpc) is 2.70. The lowest BCUT2D eigenvalue weighted by atomic mass is 10.1. The lowest BCUT2D eigenvalue weighted by molar-refractivity contribution is 0.587. The molecule has 0 aliphatic rings. The summed E-state index contributed by atoms with van der Waals surface area (Å²) >= 11 is 1.66. The molecule has 2 nitrogen and oxygen atoms in total. The number of rotatable bonds is 9. The molecule has 104 valence electrons. The number of hydrogen-bond donors (Lipinski definition) is 1. The Bertz CT molecular complexity index is 331. The fourth-order valence-corrected chi connectivity index (χ4v) is 2.94. The third-order valence-corrected chi connectivity index (χ3v) is 4.48. The van der Waals surface area contributed by atoms with Crippen molar-refractivity contribution in [1.82, 2.24) is 4.98 Å². The van der Waals surface area contributed by atoms with Crippen molar-refractivity contribution in [2.75, 3.05) is 5.73 Å². The molecular weight excluding hydrogens is 240 g/mol. The van der Waals surface area contributed by atoms with Crippen molar-refractivity contribution in [3.05, 3.63) is 10.7 Å². The van der Waals surface area contributed by atoms with E-state index < -0.39 is 0 Å². The second-order valence-corrected chi connectivity index (χ2v) is 6.45. The molecule has 1 aromatic rings. The van der Waals surface area contributed by atoms with Crippen LogP contribution in [0.1, 0.15) is 82.3 Å². The molecule has 0 atom stereocenters. The summed E-state index contributed by atoms with van der Waals surface area (Å²) in [6, 6.07) is 0. The minimum Gasteiger partial charge on any atom is -0.389 e. The van der Waals surface area contributed by atoms with Crippen LogP contribution in [-0.4, -0.2) is 4.98 Å². The van der Waals surface area contributed by atoms with E-state index in [1.807, 2.05) is 0 Å². The molecule has 0 bridgehead atoms. The van der Waals surface area contributed by atoms with Crippen LogP contribution in [0.5, 0.6) is 0 Å². The zero-order valence-corrected chi connectivity index (χ0v) is 13.0. The fraction of sp³-hybridized carbons (Fsp3) is 0.800. The van der Waals surface area contributed by atoms with Gasteiger partial charge in [-0.3, -0.25) is 0 Å². The lowest BCUT2D eigenvalue weighted by Crippen LogP contribution is -1.93. The van der Waals surface area contributed by atoms with Crippen molar-refractivity contribution in [2.24, 2.45) is 0 Å². The van der Waals surface area contributed by atoms with Crippen molar-refractivity contribution < 1.29 is 0 Å². The van der Waals surface area contributed by atoms with Crippen molar-refractivity contribution in [2.45, 2.75) is 78.1 Å². The van der Waals surface area contributed by atoms with Crippen LogP contribution in [0.15, 0.2) is 0 Å². The monoisotopic (exact) mass is 268 g/mol. The summed E-state index contributed by atoms with van der Waals surface area (Å²) in [5.41, 5.74) is 7.15. The van der Waals surface area contributed by atoms with Crippen molar-refractivity contribution >= 4 is 16.3 Å². The van der Waals surface area contributed by atoms with Gasteiger partial charge in [0.1, 0.15) is 5.00 Å². The van der Waals surface area contributed by atoms with Crippen molar-refractivity contribution in [3.63, 3.8) is 0 Å². The van der Waals surface area contributed by atoms with E-state index in [4.69, 9.17) is 5.73 Å². The summed E-state index contributed by atoms with van der Waals surface area (Å²) in [5.74, 6) is 0.500. The topological polar surface area (TPSA) is 38.9 Å². The second-order valence-electron chi connectivity index (χ2n) is 5.39. The average molecular weight is 268 g/mol. The Labute approximate surface area is 116 Å². The Morgan fingerprint density at radius 1 is 1.06 bits per heavy atom. The van der Waals surface area contributed by atoms with E-state index in [2.05, 4.69) is 25.8 Å².